The molecule has 1 aromatic heterocycles. The van der Waals surface area contributed by atoms with Crippen molar-refractivity contribution < 1.29 is 4.74 Å². The Hall–Kier alpha value is -1.77. The highest BCUT2D eigenvalue weighted by atomic mass is 16.5. The third-order valence-electron chi connectivity index (χ3n) is 2.11. The first-order valence-corrected chi connectivity index (χ1v) is 4.58. The van der Waals surface area contributed by atoms with E-state index in [0.717, 1.165) is 22.2 Å². The maximum atomic E-state index is 5.84. The molecule has 72 valence electrons. The van der Waals surface area contributed by atoms with Crippen LogP contribution in [0.3, 0.4) is 0 Å². The molecule has 0 atom stereocenters. The zero-order chi connectivity index (χ0) is 9.97. The number of benzene rings is 1. The molecule has 3 nitrogen and oxygen atoms in total. The molecule has 0 unspecified atom stereocenters. The fourth-order valence-corrected chi connectivity index (χ4v) is 1.47. The summed E-state index contributed by atoms with van der Waals surface area (Å²) in [6.07, 6.45) is 3.51. The van der Waals surface area contributed by atoms with Gasteiger partial charge in [-0.05, 0) is 25.1 Å². The van der Waals surface area contributed by atoms with Crippen LogP contribution in [0.2, 0.25) is 0 Å². The van der Waals surface area contributed by atoms with E-state index in [-0.39, 0.29) is 0 Å². The number of hydrogen-bond acceptors (Lipinski definition) is 3. The van der Waals surface area contributed by atoms with Gasteiger partial charge in [0.05, 0.1) is 6.61 Å². The highest BCUT2D eigenvalue weighted by molar-refractivity contribution is 5.96. The number of pyridine rings is 1. The van der Waals surface area contributed by atoms with Gasteiger partial charge in [0.25, 0.3) is 0 Å². The maximum Gasteiger partial charge on any atom is 0.128 e. The van der Waals surface area contributed by atoms with Crippen molar-refractivity contribution in [1.29, 1.82) is 0 Å². The zero-order valence-electron chi connectivity index (χ0n) is 8.03. The van der Waals surface area contributed by atoms with E-state index in [4.69, 9.17) is 10.5 Å². The van der Waals surface area contributed by atoms with E-state index in [2.05, 4.69) is 4.98 Å². The number of aromatic nitrogens is 1. The van der Waals surface area contributed by atoms with Gasteiger partial charge in [0, 0.05) is 28.9 Å². The van der Waals surface area contributed by atoms with Crippen molar-refractivity contribution in [2.24, 2.45) is 0 Å². The van der Waals surface area contributed by atoms with Gasteiger partial charge < -0.3 is 10.5 Å². The number of nitrogens with zero attached hydrogens (tertiary/aromatic N) is 1. The summed E-state index contributed by atoms with van der Waals surface area (Å²) in [5, 5.41) is 1.96. The third kappa shape index (κ3) is 1.37. The van der Waals surface area contributed by atoms with Crippen LogP contribution in [0.25, 0.3) is 10.8 Å². The smallest absolute Gasteiger partial charge is 0.128 e. The van der Waals surface area contributed by atoms with Crippen molar-refractivity contribution in [1.82, 2.24) is 4.98 Å². The average Bonchev–Trinajstić information content (AvgIpc) is 2.23. The number of nitrogens with two attached hydrogens (primary N) is 1. The van der Waals surface area contributed by atoms with Crippen molar-refractivity contribution in [3.05, 3.63) is 30.6 Å². The minimum Gasteiger partial charge on any atom is -0.493 e. The van der Waals surface area contributed by atoms with Crippen LogP contribution in [0.5, 0.6) is 5.75 Å². The predicted molar refractivity (Wildman–Crippen MR) is 57.3 cm³/mol. The Labute approximate surface area is 82.5 Å². The van der Waals surface area contributed by atoms with E-state index in [1.807, 2.05) is 25.1 Å². The predicted octanol–water partition coefficient (Wildman–Crippen LogP) is 2.22. The summed E-state index contributed by atoms with van der Waals surface area (Å²) in [6, 6.07) is 5.63. The second-order valence-electron chi connectivity index (χ2n) is 3.01. The summed E-state index contributed by atoms with van der Waals surface area (Å²) < 4.78 is 5.48. The Morgan fingerprint density at radius 1 is 1.29 bits per heavy atom. The van der Waals surface area contributed by atoms with Gasteiger partial charge in [-0.15, -0.1) is 0 Å². The fraction of sp³-hybridized carbons (Fsp3) is 0.182. The molecular weight excluding hydrogens is 176 g/mol. The molecule has 0 saturated carbocycles. The maximum absolute atomic E-state index is 5.84. The first-order valence-electron chi connectivity index (χ1n) is 4.58. The molecule has 14 heavy (non-hydrogen) atoms. The Kier molecular flexibility index (Phi) is 2.23. The van der Waals surface area contributed by atoms with Crippen LogP contribution in [-0.2, 0) is 0 Å². The summed E-state index contributed by atoms with van der Waals surface area (Å²) in [5.74, 6) is 0.838. The molecule has 0 amide bonds. The fourth-order valence-electron chi connectivity index (χ4n) is 1.47. The first-order chi connectivity index (χ1) is 6.83. The first kappa shape index (κ1) is 8.81. The molecule has 0 aliphatic carbocycles. The summed E-state index contributed by atoms with van der Waals surface area (Å²) in [6.45, 7) is 2.60. The van der Waals surface area contributed by atoms with Crippen LogP contribution in [0.1, 0.15) is 6.92 Å². The van der Waals surface area contributed by atoms with Crippen molar-refractivity contribution in [2.75, 3.05) is 12.3 Å². The second kappa shape index (κ2) is 3.54. The van der Waals surface area contributed by atoms with Gasteiger partial charge in [0.15, 0.2) is 0 Å². The van der Waals surface area contributed by atoms with E-state index in [1.165, 1.54) is 0 Å². The van der Waals surface area contributed by atoms with Crippen LogP contribution in [-0.4, -0.2) is 11.6 Å². The average molecular weight is 188 g/mol. The molecule has 3 heteroatoms. The molecule has 0 saturated heterocycles. The van der Waals surface area contributed by atoms with Gasteiger partial charge in [-0.2, -0.15) is 0 Å². The Morgan fingerprint density at radius 3 is 2.93 bits per heavy atom. The van der Waals surface area contributed by atoms with Crippen molar-refractivity contribution in [3.8, 4) is 5.75 Å². The van der Waals surface area contributed by atoms with E-state index in [0.29, 0.717) is 6.61 Å². The molecule has 2 rings (SSSR count). The summed E-state index contributed by atoms with van der Waals surface area (Å²) in [5.41, 5.74) is 6.59. The lowest BCUT2D eigenvalue weighted by molar-refractivity contribution is 0.344. The van der Waals surface area contributed by atoms with Gasteiger partial charge in [0.1, 0.15) is 5.75 Å². The van der Waals surface area contributed by atoms with E-state index < -0.39 is 0 Å². The quantitative estimate of drug-likeness (QED) is 0.735. The number of hydrogen-bond donors (Lipinski definition) is 1. The van der Waals surface area contributed by atoms with Crippen LogP contribution in [0.15, 0.2) is 30.6 Å². The van der Waals surface area contributed by atoms with Crippen molar-refractivity contribution in [2.45, 2.75) is 6.92 Å². The Balaban J connectivity index is 2.68. The number of ether oxygens (including phenoxy) is 1. The molecule has 1 aromatic carbocycles. The topological polar surface area (TPSA) is 48.1 Å². The highest BCUT2D eigenvalue weighted by Gasteiger charge is 2.03. The van der Waals surface area contributed by atoms with Gasteiger partial charge in [0.2, 0.25) is 0 Å². The van der Waals surface area contributed by atoms with Crippen LogP contribution < -0.4 is 10.5 Å². The monoisotopic (exact) mass is 188 g/mol. The lowest BCUT2D eigenvalue weighted by atomic mass is 10.1. The lowest BCUT2D eigenvalue weighted by Gasteiger charge is -2.08. The Morgan fingerprint density at radius 2 is 2.14 bits per heavy atom. The van der Waals surface area contributed by atoms with Crippen molar-refractivity contribution in [3.63, 3.8) is 0 Å². The second-order valence-corrected chi connectivity index (χ2v) is 3.01. The van der Waals surface area contributed by atoms with Crippen molar-refractivity contribution >= 4 is 16.5 Å². The third-order valence-corrected chi connectivity index (χ3v) is 2.11. The van der Waals surface area contributed by atoms with Gasteiger partial charge >= 0.3 is 0 Å². The molecule has 0 spiro atoms. The minimum atomic E-state index is 0.647. The van der Waals surface area contributed by atoms with Crippen LogP contribution in [0, 0.1) is 0 Å². The molecule has 2 aromatic rings. The molecular formula is C11H12N2O. The van der Waals surface area contributed by atoms with E-state index >= 15 is 0 Å². The molecule has 0 aliphatic rings. The highest BCUT2D eigenvalue weighted by Crippen LogP contribution is 2.28. The van der Waals surface area contributed by atoms with Gasteiger partial charge in [-0.1, -0.05) is 0 Å². The molecule has 2 N–H and O–H groups in total. The van der Waals surface area contributed by atoms with Crippen LogP contribution >= 0.6 is 0 Å². The summed E-state index contributed by atoms with van der Waals surface area (Å²) >= 11 is 0. The van der Waals surface area contributed by atoms with Crippen LogP contribution in [0.4, 0.5) is 5.69 Å². The largest absolute Gasteiger partial charge is 0.493 e. The van der Waals surface area contributed by atoms with Gasteiger partial charge in [-0.3, -0.25) is 4.98 Å². The molecule has 0 aliphatic heterocycles. The molecule has 0 radical (unpaired) electrons. The van der Waals surface area contributed by atoms with E-state index in [1.54, 1.807) is 12.4 Å². The SMILES string of the molecule is CCOc1ccc(N)c2ccncc12. The molecule has 1 heterocycles. The zero-order valence-corrected chi connectivity index (χ0v) is 8.03. The lowest BCUT2D eigenvalue weighted by Crippen LogP contribution is -1.94. The van der Waals surface area contributed by atoms with E-state index in [9.17, 15) is 0 Å². The van der Waals surface area contributed by atoms with Gasteiger partial charge in [-0.25, -0.2) is 0 Å². The molecule has 0 bridgehead atoms. The summed E-state index contributed by atoms with van der Waals surface area (Å²) in [4.78, 5) is 4.06. The number of rotatable bonds is 2. The standard InChI is InChI=1S/C11H12N2O/c1-2-14-11-4-3-10(12)8-5-6-13-7-9(8)11/h3-7H,2,12H2,1H3. The minimum absolute atomic E-state index is 0.647. The normalized spacial score (nSPS) is 10.4. The number of nitrogen functional groups attached to an aromatic ring is 1. The summed E-state index contributed by atoms with van der Waals surface area (Å²) in [7, 11) is 0. The number of fused-ring (bicyclic) bond motifs is 1. The number of anilines is 1. The Bertz CT molecular complexity index is 454. The molecule has 0 fully saturated rings.